The number of ether oxygens (including phenoxy) is 1. The average molecular weight is 201 g/mol. The molecular formula is C12H27NO. The topological polar surface area (TPSA) is 21.3 Å². The van der Waals surface area contributed by atoms with Crippen molar-refractivity contribution in [2.75, 3.05) is 13.2 Å². The van der Waals surface area contributed by atoms with Crippen LogP contribution in [0.1, 0.15) is 47.5 Å². The summed E-state index contributed by atoms with van der Waals surface area (Å²) in [4.78, 5) is 0. The van der Waals surface area contributed by atoms with E-state index >= 15 is 0 Å². The maximum Gasteiger partial charge on any atom is 0.0518 e. The molecule has 0 bridgehead atoms. The van der Waals surface area contributed by atoms with Gasteiger partial charge in [-0.25, -0.2) is 0 Å². The number of hydrogen-bond acceptors (Lipinski definition) is 2. The van der Waals surface area contributed by atoms with Crippen LogP contribution in [-0.4, -0.2) is 25.3 Å². The molecule has 0 saturated carbocycles. The van der Waals surface area contributed by atoms with Crippen LogP contribution in [0, 0.1) is 5.92 Å². The second kappa shape index (κ2) is 8.25. The molecule has 86 valence electrons. The summed E-state index contributed by atoms with van der Waals surface area (Å²) in [5, 5.41) is 3.56. The van der Waals surface area contributed by atoms with Crippen LogP contribution in [0.3, 0.4) is 0 Å². The fourth-order valence-corrected chi connectivity index (χ4v) is 1.43. The van der Waals surface area contributed by atoms with Crippen molar-refractivity contribution in [3.63, 3.8) is 0 Å². The Morgan fingerprint density at radius 3 is 2.21 bits per heavy atom. The minimum atomic E-state index is 0.356. The predicted molar refractivity (Wildman–Crippen MR) is 62.6 cm³/mol. The van der Waals surface area contributed by atoms with E-state index in [0.29, 0.717) is 18.1 Å². The molecule has 0 amide bonds. The summed E-state index contributed by atoms with van der Waals surface area (Å²) in [7, 11) is 0. The van der Waals surface area contributed by atoms with E-state index in [2.05, 4.69) is 39.9 Å². The first-order chi connectivity index (χ1) is 6.57. The van der Waals surface area contributed by atoms with E-state index in [1.807, 2.05) is 0 Å². The molecule has 0 aliphatic rings. The molecule has 0 heterocycles. The van der Waals surface area contributed by atoms with Crippen molar-refractivity contribution in [1.29, 1.82) is 0 Å². The summed E-state index contributed by atoms with van der Waals surface area (Å²) >= 11 is 0. The quantitative estimate of drug-likeness (QED) is 0.652. The van der Waals surface area contributed by atoms with Gasteiger partial charge in [0, 0.05) is 12.6 Å². The lowest BCUT2D eigenvalue weighted by atomic mass is 10.0. The largest absolute Gasteiger partial charge is 0.379 e. The van der Waals surface area contributed by atoms with Crippen LogP contribution in [0.15, 0.2) is 0 Å². The highest BCUT2D eigenvalue weighted by Gasteiger charge is 2.11. The highest BCUT2D eigenvalue weighted by Crippen LogP contribution is 2.07. The van der Waals surface area contributed by atoms with E-state index in [1.54, 1.807) is 0 Å². The molecule has 1 atom stereocenters. The Morgan fingerprint density at radius 1 is 1.14 bits per heavy atom. The van der Waals surface area contributed by atoms with Gasteiger partial charge in [-0.05, 0) is 39.2 Å². The van der Waals surface area contributed by atoms with Gasteiger partial charge in [0.25, 0.3) is 0 Å². The summed E-state index contributed by atoms with van der Waals surface area (Å²) in [5.41, 5.74) is 0. The van der Waals surface area contributed by atoms with Crippen LogP contribution in [0.25, 0.3) is 0 Å². The van der Waals surface area contributed by atoms with E-state index in [-0.39, 0.29) is 0 Å². The Morgan fingerprint density at radius 2 is 1.79 bits per heavy atom. The van der Waals surface area contributed by atoms with Crippen LogP contribution in [0.2, 0.25) is 0 Å². The van der Waals surface area contributed by atoms with Crippen molar-refractivity contribution in [3.8, 4) is 0 Å². The molecule has 2 heteroatoms. The first kappa shape index (κ1) is 13.9. The van der Waals surface area contributed by atoms with Crippen LogP contribution < -0.4 is 5.32 Å². The van der Waals surface area contributed by atoms with Crippen molar-refractivity contribution in [2.24, 2.45) is 5.92 Å². The highest BCUT2D eigenvalue weighted by atomic mass is 16.5. The third kappa shape index (κ3) is 7.34. The van der Waals surface area contributed by atoms with Gasteiger partial charge in [-0.1, -0.05) is 20.8 Å². The zero-order valence-corrected chi connectivity index (χ0v) is 10.5. The molecular weight excluding hydrogens is 174 g/mol. The predicted octanol–water partition coefficient (Wildman–Crippen LogP) is 2.83. The second-order valence-corrected chi connectivity index (χ2v) is 4.51. The normalized spacial score (nSPS) is 13.9. The Bertz CT molecular complexity index is 123. The van der Waals surface area contributed by atoms with Crippen molar-refractivity contribution >= 4 is 0 Å². The van der Waals surface area contributed by atoms with Gasteiger partial charge in [0.05, 0.1) is 6.10 Å². The first-order valence-electron chi connectivity index (χ1n) is 5.92. The van der Waals surface area contributed by atoms with Gasteiger partial charge in [-0.15, -0.1) is 0 Å². The van der Waals surface area contributed by atoms with E-state index in [4.69, 9.17) is 4.74 Å². The number of rotatable bonds is 8. The molecule has 14 heavy (non-hydrogen) atoms. The summed E-state index contributed by atoms with van der Waals surface area (Å²) in [6.45, 7) is 12.9. The summed E-state index contributed by atoms with van der Waals surface area (Å²) in [6, 6.07) is 0.605. The lowest BCUT2D eigenvalue weighted by Crippen LogP contribution is -2.35. The van der Waals surface area contributed by atoms with Gasteiger partial charge in [0.15, 0.2) is 0 Å². The molecule has 0 spiro atoms. The van der Waals surface area contributed by atoms with E-state index in [0.717, 1.165) is 19.6 Å². The van der Waals surface area contributed by atoms with E-state index in [1.165, 1.54) is 6.42 Å². The molecule has 0 aliphatic heterocycles. The molecule has 0 rings (SSSR count). The Kier molecular flexibility index (Phi) is 8.20. The SMILES string of the molecule is CCCNC(CCOC(C)C)C(C)C. The third-order valence-electron chi connectivity index (χ3n) is 2.34. The maximum atomic E-state index is 5.56. The fraction of sp³-hybridized carbons (Fsp3) is 1.00. The Balaban J connectivity index is 3.62. The lowest BCUT2D eigenvalue weighted by molar-refractivity contribution is 0.0684. The molecule has 1 N–H and O–H groups in total. The molecule has 2 nitrogen and oxygen atoms in total. The van der Waals surface area contributed by atoms with Crippen molar-refractivity contribution < 1.29 is 4.74 Å². The highest BCUT2D eigenvalue weighted by molar-refractivity contribution is 4.69. The van der Waals surface area contributed by atoms with E-state index < -0.39 is 0 Å². The van der Waals surface area contributed by atoms with Gasteiger partial charge in [-0.2, -0.15) is 0 Å². The molecule has 0 aromatic rings. The zero-order valence-electron chi connectivity index (χ0n) is 10.5. The number of nitrogens with one attached hydrogen (secondary N) is 1. The van der Waals surface area contributed by atoms with Crippen molar-refractivity contribution in [2.45, 2.75) is 59.6 Å². The molecule has 0 radical (unpaired) electrons. The van der Waals surface area contributed by atoms with Gasteiger partial charge in [-0.3, -0.25) is 0 Å². The fourth-order valence-electron chi connectivity index (χ4n) is 1.43. The van der Waals surface area contributed by atoms with Gasteiger partial charge in [0.2, 0.25) is 0 Å². The lowest BCUT2D eigenvalue weighted by Gasteiger charge is -2.22. The summed E-state index contributed by atoms with van der Waals surface area (Å²) < 4.78 is 5.56. The van der Waals surface area contributed by atoms with Crippen LogP contribution in [0.5, 0.6) is 0 Å². The Hall–Kier alpha value is -0.0800. The standard InChI is InChI=1S/C12H27NO/c1-6-8-13-12(10(2)3)7-9-14-11(4)5/h10-13H,6-9H2,1-5H3. The average Bonchev–Trinajstić information content (AvgIpc) is 2.09. The minimum Gasteiger partial charge on any atom is -0.379 e. The van der Waals surface area contributed by atoms with Crippen molar-refractivity contribution in [3.05, 3.63) is 0 Å². The third-order valence-corrected chi connectivity index (χ3v) is 2.34. The van der Waals surface area contributed by atoms with Crippen LogP contribution in [-0.2, 0) is 4.74 Å². The van der Waals surface area contributed by atoms with Gasteiger partial charge in [0.1, 0.15) is 0 Å². The van der Waals surface area contributed by atoms with Gasteiger partial charge >= 0.3 is 0 Å². The van der Waals surface area contributed by atoms with Crippen molar-refractivity contribution in [1.82, 2.24) is 5.32 Å². The second-order valence-electron chi connectivity index (χ2n) is 4.51. The zero-order chi connectivity index (χ0) is 11.0. The van der Waals surface area contributed by atoms with Crippen LogP contribution >= 0.6 is 0 Å². The molecule has 0 saturated heterocycles. The maximum absolute atomic E-state index is 5.56. The summed E-state index contributed by atoms with van der Waals surface area (Å²) in [5.74, 6) is 0.692. The first-order valence-corrected chi connectivity index (χ1v) is 5.92. The Labute approximate surface area is 89.4 Å². The minimum absolute atomic E-state index is 0.356. The van der Waals surface area contributed by atoms with Crippen LogP contribution in [0.4, 0.5) is 0 Å². The molecule has 0 aromatic heterocycles. The molecule has 0 fully saturated rings. The smallest absolute Gasteiger partial charge is 0.0518 e. The number of hydrogen-bond donors (Lipinski definition) is 1. The van der Waals surface area contributed by atoms with Gasteiger partial charge < -0.3 is 10.1 Å². The molecule has 0 aliphatic carbocycles. The summed E-state index contributed by atoms with van der Waals surface area (Å²) in [6.07, 6.45) is 2.68. The molecule has 0 aromatic carbocycles. The van der Waals surface area contributed by atoms with E-state index in [9.17, 15) is 0 Å². The monoisotopic (exact) mass is 201 g/mol. The molecule has 1 unspecified atom stereocenters.